The Morgan fingerprint density at radius 1 is 1.37 bits per heavy atom. The molecule has 1 aromatic carbocycles. The summed E-state index contributed by atoms with van der Waals surface area (Å²) < 4.78 is 1.03. The second-order valence-electron chi connectivity index (χ2n) is 4.49. The maximum atomic E-state index is 12.0. The average molecular weight is 346 g/mol. The zero-order valence-electron chi connectivity index (χ0n) is 11.2. The van der Waals surface area contributed by atoms with E-state index in [2.05, 4.69) is 21.2 Å². The fourth-order valence-corrected chi connectivity index (χ4v) is 2.74. The third kappa shape index (κ3) is 6.45. The first-order valence-electron chi connectivity index (χ1n) is 6.36. The molecule has 3 nitrogen and oxygen atoms in total. The monoisotopic (exact) mass is 345 g/mol. The van der Waals surface area contributed by atoms with Gasteiger partial charge in [-0.15, -0.1) is 11.8 Å². The van der Waals surface area contributed by atoms with E-state index in [0.717, 1.165) is 22.2 Å². The lowest BCUT2D eigenvalue weighted by atomic mass is 10.2. The molecule has 2 N–H and O–H groups in total. The molecule has 0 spiro atoms. The Labute approximate surface area is 127 Å². The van der Waals surface area contributed by atoms with Crippen molar-refractivity contribution in [2.24, 2.45) is 0 Å². The number of halogens is 1. The summed E-state index contributed by atoms with van der Waals surface area (Å²) >= 11 is 4.93. The van der Waals surface area contributed by atoms with Gasteiger partial charge in [-0.3, -0.25) is 4.79 Å². The van der Waals surface area contributed by atoms with Gasteiger partial charge in [-0.2, -0.15) is 0 Å². The molecule has 0 saturated heterocycles. The fourth-order valence-electron chi connectivity index (χ4n) is 1.60. The lowest BCUT2D eigenvalue weighted by Crippen LogP contribution is -2.37. The van der Waals surface area contributed by atoms with Crippen molar-refractivity contribution in [3.8, 4) is 0 Å². The van der Waals surface area contributed by atoms with E-state index in [9.17, 15) is 4.79 Å². The van der Waals surface area contributed by atoms with Crippen LogP contribution in [0.25, 0.3) is 0 Å². The first kappa shape index (κ1) is 16.5. The summed E-state index contributed by atoms with van der Waals surface area (Å²) in [5.41, 5.74) is 0. The Kier molecular flexibility index (Phi) is 7.49. The van der Waals surface area contributed by atoms with Gasteiger partial charge in [-0.1, -0.05) is 15.9 Å². The number of nitrogens with one attached hydrogen (secondary N) is 1. The van der Waals surface area contributed by atoms with E-state index >= 15 is 0 Å². The number of thioether (sulfide) groups is 1. The minimum Gasteiger partial charge on any atom is -0.396 e. The number of hydrogen-bond acceptors (Lipinski definition) is 3. The molecule has 0 aliphatic carbocycles. The van der Waals surface area contributed by atoms with Crippen LogP contribution < -0.4 is 5.32 Å². The summed E-state index contributed by atoms with van der Waals surface area (Å²) in [6.45, 7) is 4.04. The van der Waals surface area contributed by atoms with E-state index in [1.165, 1.54) is 0 Å². The third-order valence-electron chi connectivity index (χ3n) is 2.68. The van der Waals surface area contributed by atoms with Crippen molar-refractivity contribution in [1.29, 1.82) is 0 Å². The predicted octanol–water partition coefficient (Wildman–Crippen LogP) is 3.21. The van der Waals surface area contributed by atoms with E-state index in [1.807, 2.05) is 38.1 Å². The second-order valence-corrected chi connectivity index (χ2v) is 6.82. The van der Waals surface area contributed by atoms with Crippen molar-refractivity contribution in [3.63, 3.8) is 0 Å². The summed E-state index contributed by atoms with van der Waals surface area (Å²) in [5, 5.41) is 11.6. The molecule has 0 aromatic heterocycles. The van der Waals surface area contributed by atoms with Crippen molar-refractivity contribution in [3.05, 3.63) is 28.7 Å². The number of benzene rings is 1. The smallest absolute Gasteiger partial charge is 0.233 e. The Bertz CT molecular complexity index is 397. The lowest BCUT2D eigenvalue weighted by molar-refractivity contribution is -0.120. The van der Waals surface area contributed by atoms with Crippen molar-refractivity contribution in [2.45, 2.75) is 42.9 Å². The van der Waals surface area contributed by atoms with Crippen LogP contribution in [0.15, 0.2) is 33.6 Å². The van der Waals surface area contributed by atoms with Gasteiger partial charge in [0.1, 0.15) is 0 Å². The van der Waals surface area contributed by atoms with Gasteiger partial charge >= 0.3 is 0 Å². The quantitative estimate of drug-likeness (QED) is 0.746. The van der Waals surface area contributed by atoms with Crippen molar-refractivity contribution < 1.29 is 9.90 Å². The zero-order chi connectivity index (χ0) is 14.3. The topological polar surface area (TPSA) is 49.3 Å². The van der Waals surface area contributed by atoms with Crippen LogP contribution >= 0.6 is 27.7 Å². The summed E-state index contributed by atoms with van der Waals surface area (Å²) in [4.78, 5) is 13.1. The van der Waals surface area contributed by atoms with Crippen LogP contribution in [-0.2, 0) is 4.79 Å². The molecule has 0 aliphatic rings. The molecular weight excluding hydrogens is 326 g/mol. The average Bonchev–Trinajstić information content (AvgIpc) is 2.39. The van der Waals surface area contributed by atoms with Gasteiger partial charge in [0.2, 0.25) is 5.91 Å². The zero-order valence-corrected chi connectivity index (χ0v) is 13.6. The Balaban J connectivity index is 2.42. The molecule has 1 rings (SSSR count). The molecule has 1 aromatic rings. The van der Waals surface area contributed by atoms with Crippen LogP contribution in [0, 0.1) is 0 Å². The number of aliphatic hydroxyl groups is 1. The van der Waals surface area contributed by atoms with Crippen molar-refractivity contribution in [2.75, 3.05) is 6.61 Å². The summed E-state index contributed by atoms with van der Waals surface area (Å²) in [7, 11) is 0. The molecule has 106 valence electrons. The van der Waals surface area contributed by atoms with Crippen LogP contribution in [0.1, 0.15) is 26.7 Å². The summed E-state index contributed by atoms with van der Waals surface area (Å²) in [6, 6.07) is 8.03. The SMILES string of the molecule is CC(CCCO)NC(=O)C(C)Sc1ccc(Br)cc1. The van der Waals surface area contributed by atoms with E-state index in [-0.39, 0.29) is 23.8 Å². The standard InChI is InChI=1S/C14H20BrNO2S/c1-10(4-3-9-17)16-14(18)11(2)19-13-7-5-12(15)6-8-13/h5-8,10-11,17H,3-4,9H2,1-2H3,(H,16,18). The summed E-state index contributed by atoms with van der Waals surface area (Å²) in [5.74, 6) is 0.0401. The van der Waals surface area contributed by atoms with Gasteiger partial charge in [-0.05, 0) is 51.0 Å². The minimum atomic E-state index is -0.127. The van der Waals surface area contributed by atoms with Crippen LogP contribution in [0.2, 0.25) is 0 Å². The molecule has 0 fully saturated rings. The Morgan fingerprint density at radius 2 is 2.00 bits per heavy atom. The third-order valence-corrected chi connectivity index (χ3v) is 4.32. The van der Waals surface area contributed by atoms with Crippen LogP contribution in [0.5, 0.6) is 0 Å². The molecule has 0 heterocycles. The number of rotatable bonds is 7. The number of carbonyl (C=O) groups excluding carboxylic acids is 1. The highest BCUT2D eigenvalue weighted by molar-refractivity contribution is 9.10. The molecule has 0 bridgehead atoms. The Morgan fingerprint density at radius 3 is 2.58 bits per heavy atom. The molecule has 19 heavy (non-hydrogen) atoms. The van der Waals surface area contributed by atoms with E-state index < -0.39 is 0 Å². The number of hydrogen-bond donors (Lipinski definition) is 2. The molecule has 2 unspecified atom stereocenters. The predicted molar refractivity (Wildman–Crippen MR) is 83.4 cm³/mol. The normalized spacial score (nSPS) is 13.9. The van der Waals surface area contributed by atoms with E-state index in [4.69, 9.17) is 5.11 Å². The van der Waals surface area contributed by atoms with E-state index in [1.54, 1.807) is 11.8 Å². The van der Waals surface area contributed by atoms with Gasteiger partial charge in [0.25, 0.3) is 0 Å². The Hall–Kier alpha value is -0.520. The van der Waals surface area contributed by atoms with Crippen LogP contribution in [-0.4, -0.2) is 28.9 Å². The van der Waals surface area contributed by atoms with Gasteiger partial charge in [0, 0.05) is 22.0 Å². The van der Waals surface area contributed by atoms with Gasteiger partial charge in [0.05, 0.1) is 5.25 Å². The molecule has 5 heteroatoms. The molecule has 0 radical (unpaired) electrons. The largest absolute Gasteiger partial charge is 0.396 e. The summed E-state index contributed by atoms with van der Waals surface area (Å²) in [6.07, 6.45) is 1.52. The molecule has 2 atom stereocenters. The van der Waals surface area contributed by atoms with Crippen molar-refractivity contribution in [1.82, 2.24) is 5.32 Å². The van der Waals surface area contributed by atoms with Gasteiger partial charge in [-0.25, -0.2) is 0 Å². The maximum absolute atomic E-state index is 12.0. The highest BCUT2D eigenvalue weighted by atomic mass is 79.9. The molecule has 0 saturated carbocycles. The molecule has 0 aliphatic heterocycles. The maximum Gasteiger partial charge on any atom is 0.233 e. The first-order valence-corrected chi connectivity index (χ1v) is 8.03. The lowest BCUT2D eigenvalue weighted by Gasteiger charge is -2.17. The fraction of sp³-hybridized carbons (Fsp3) is 0.500. The highest BCUT2D eigenvalue weighted by Crippen LogP contribution is 2.25. The minimum absolute atomic E-state index is 0.0401. The van der Waals surface area contributed by atoms with Crippen molar-refractivity contribution >= 4 is 33.6 Å². The molecular formula is C14H20BrNO2S. The number of carbonyl (C=O) groups is 1. The number of amides is 1. The van der Waals surface area contributed by atoms with Crippen LogP contribution in [0.3, 0.4) is 0 Å². The highest BCUT2D eigenvalue weighted by Gasteiger charge is 2.16. The van der Waals surface area contributed by atoms with Crippen LogP contribution in [0.4, 0.5) is 0 Å². The first-order chi connectivity index (χ1) is 9.02. The molecule has 1 amide bonds. The van der Waals surface area contributed by atoms with Gasteiger partial charge < -0.3 is 10.4 Å². The second kappa shape index (κ2) is 8.61. The number of aliphatic hydroxyl groups excluding tert-OH is 1. The van der Waals surface area contributed by atoms with E-state index in [0.29, 0.717) is 0 Å². The van der Waals surface area contributed by atoms with Gasteiger partial charge in [0.15, 0.2) is 0 Å².